The average molecular weight is 716 g/mol. The molecule has 262 valence electrons. The number of anilines is 3. The van der Waals surface area contributed by atoms with E-state index in [1.54, 1.807) is 11.1 Å². The third-order valence-electron chi connectivity index (χ3n) is 13.5. The van der Waals surface area contributed by atoms with Gasteiger partial charge in [0.15, 0.2) is 0 Å². The molecule has 1 nitrogen and oxygen atoms in total. The molecule has 0 atom stereocenters. The third-order valence-corrected chi connectivity index (χ3v) is 13.8. The fraction of sp³-hybridized carbons (Fsp3) is 0.192. The van der Waals surface area contributed by atoms with E-state index in [0.717, 1.165) is 45.8 Å². The quantitative estimate of drug-likeness (QED) is 0.166. The highest BCUT2D eigenvalue weighted by Crippen LogP contribution is 2.69. The number of rotatable bonds is 6. The number of hydrogen-bond acceptors (Lipinski definition) is 1. The van der Waals surface area contributed by atoms with Gasteiger partial charge in [0, 0.05) is 27.4 Å². The summed E-state index contributed by atoms with van der Waals surface area (Å²) in [5.41, 5.74) is 16.8. The molecule has 4 bridgehead atoms. The van der Waals surface area contributed by atoms with Crippen molar-refractivity contribution in [3.63, 3.8) is 0 Å². The smallest absolute Gasteiger partial charge is 0.0540 e. The topological polar surface area (TPSA) is 3.24 Å². The largest absolute Gasteiger partial charge is 0.310 e. The zero-order valence-corrected chi connectivity index (χ0v) is 31.1. The van der Waals surface area contributed by atoms with Gasteiger partial charge in [-0.25, -0.2) is 0 Å². The Morgan fingerprint density at radius 1 is 0.407 bits per heavy atom. The Morgan fingerprint density at radius 2 is 0.944 bits per heavy atom. The molecule has 2 heteroatoms. The molecule has 7 aromatic rings. The second kappa shape index (κ2) is 12.6. The van der Waals surface area contributed by atoms with E-state index < -0.39 is 0 Å². The Morgan fingerprint density at radius 3 is 1.59 bits per heavy atom. The summed E-state index contributed by atoms with van der Waals surface area (Å²) in [4.78, 5) is 2.41. The van der Waals surface area contributed by atoms with Crippen LogP contribution in [0.3, 0.4) is 0 Å². The lowest BCUT2D eigenvalue weighted by Gasteiger charge is -2.61. The Balaban J connectivity index is 1.01. The zero-order valence-electron chi connectivity index (χ0n) is 30.3. The van der Waals surface area contributed by atoms with E-state index in [-0.39, 0.29) is 5.41 Å². The first-order valence-corrected chi connectivity index (χ1v) is 20.2. The number of benzene rings is 7. The van der Waals surface area contributed by atoms with Gasteiger partial charge in [0.2, 0.25) is 0 Å². The minimum Gasteiger partial charge on any atom is -0.310 e. The first-order chi connectivity index (χ1) is 26.6. The Hall–Kier alpha value is -5.37. The summed E-state index contributed by atoms with van der Waals surface area (Å²) in [7, 11) is 0. The van der Waals surface area contributed by atoms with Crippen LogP contribution in [0.1, 0.15) is 43.2 Å². The lowest BCUT2D eigenvalue weighted by molar-refractivity contribution is -0.0399. The van der Waals surface area contributed by atoms with Crippen molar-refractivity contribution in [3.05, 3.63) is 186 Å². The number of hydrogen-bond donors (Lipinski definition) is 0. The van der Waals surface area contributed by atoms with Crippen molar-refractivity contribution in [1.82, 2.24) is 0 Å². The van der Waals surface area contributed by atoms with Crippen LogP contribution in [0.4, 0.5) is 17.1 Å². The van der Waals surface area contributed by atoms with E-state index in [9.17, 15) is 0 Å². The lowest BCUT2D eigenvalue weighted by atomic mass is 9.43. The van der Waals surface area contributed by atoms with E-state index in [1.165, 1.54) is 76.6 Å². The zero-order chi connectivity index (χ0) is 35.8. The monoisotopic (exact) mass is 715 g/mol. The number of halogens is 1. The van der Waals surface area contributed by atoms with Crippen LogP contribution >= 0.6 is 11.6 Å². The molecule has 0 N–H and O–H groups in total. The van der Waals surface area contributed by atoms with Crippen molar-refractivity contribution in [2.45, 2.75) is 37.5 Å². The van der Waals surface area contributed by atoms with Crippen molar-refractivity contribution < 1.29 is 0 Å². The molecule has 54 heavy (non-hydrogen) atoms. The normalized spacial score (nSPS) is 23.0. The van der Waals surface area contributed by atoms with E-state index in [1.807, 2.05) is 0 Å². The molecule has 4 fully saturated rings. The van der Waals surface area contributed by atoms with E-state index >= 15 is 0 Å². The molecule has 0 radical (unpaired) electrons. The predicted octanol–water partition coefficient (Wildman–Crippen LogP) is 14.5. The Bertz CT molecular complexity index is 2470. The van der Waals surface area contributed by atoms with Gasteiger partial charge in [0.25, 0.3) is 0 Å². The third kappa shape index (κ3) is 4.98. The van der Waals surface area contributed by atoms with Crippen LogP contribution in [-0.2, 0) is 5.41 Å². The van der Waals surface area contributed by atoms with E-state index in [0.29, 0.717) is 0 Å². The average Bonchev–Trinajstić information content (AvgIpc) is 3.50. The highest BCUT2D eigenvalue weighted by molar-refractivity contribution is 6.31. The summed E-state index contributed by atoms with van der Waals surface area (Å²) in [6.45, 7) is 0. The Labute approximate surface area is 323 Å². The standard InChI is InChI=1S/C52H42ClN/c53-43-20-26-49-48(33-43)47-25-19-40(32-50(47)52(49)41-28-34-27-35(30-41)31-42(52)29-34)38-17-23-45(24-18-38)54(44-21-15-37(16-22-44)36-9-3-1-4-10-36)51-14-8-7-13-46(51)39-11-5-2-6-12-39/h1-26,32-35,41-42H,27-31H2. The molecule has 0 unspecified atom stereocenters. The van der Waals surface area contributed by atoms with Gasteiger partial charge >= 0.3 is 0 Å². The maximum atomic E-state index is 6.70. The van der Waals surface area contributed by atoms with Crippen LogP contribution in [0.15, 0.2) is 170 Å². The maximum absolute atomic E-state index is 6.70. The van der Waals surface area contributed by atoms with Gasteiger partial charge in [-0.1, -0.05) is 133 Å². The summed E-state index contributed by atoms with van der Waals surface area (Å²) >= 11 is 6.70. The second-order valence-electron chi connectivity index (χ2n) is 16.3. The fourth-order valence-electron chi connectivity index (χ4n) is 11.5. The number of fused-ring (bicyclic) bond motifs is 3. The molecule has 5 aliphatic carbocycles. The molecule has 7 aromatic carbocycles. The molecule has 1 spiro atoms. The van der Waals surface area contributed by atoms with Gasteiger partial charge in [0.05, 0.1) is 5.69 Å². The fourth-order valence-corrected chi connectivity index (χ4v) is 11.7. The molecule has 0 aromatic heterocycles. The van der Waals surface area contributed by atoms with Gasteiger partial charge in [-0.15, -0.1) is 0 Å². The second-order valence-corrected chi connectivity index (χ2v) is 16.7. The van der Waals surface area contributed by atoms with Gasteiger partial charge in [0.1, 0.15) is 0 Å². The van der Waals surface area contributed by atoms with E-state index in [4.69, 9.17) is 11.6 Å². The van der Waals surface area contributed by atoms with Crippen LogP contribution in [0.5, 0.6) is 0 Å². The highest BCUT2D eigenvalue weighted by atomic mass is 35.5. The van der Waals surface area contributed by atoms with Crippen molar-refractivity contribution in [2.24, 2.45) is 23.7 Å². The Kier molecular flexibility index (Phi) is 7.49. The molecule has 0 amide bonds. The molecule has 0 saturated heterocycles. The van der Waals surface area contributed by atoms with Crippen LogP contribution in [0.2, 0.25) is 5.02 Å². The molecule has 0 aliphatic heterocycles. The van der Waals surface area contributed by atoms with Gasteiger partial charge < -0.3 is 4.90 Å². The minimum absolute atomic E-state index is 0.114. The maximum Gasteiger partial charge on any atom is 0.0540 e. The molecule has 4 saturated carbocycles. The molecular formula is C52H42ClN. The van der Waals surface area contributed by atoms with Gasteiger partial charge in [-0.2, -0.15) is 0 Å². The molecule has 12 rings (SSSR count). The molecule has 5 aliphatic rings. The minimum atomic E-state index is 0.114. The molecular weight excluding hydrogens is 674 g/mol. The van der Waals surface area contributed by atoms with Crippen LogP contribution in [0.25, 0.3) is 44.5 Å². The number of para-hydroxylation sites is 1. The van der Waals surface area contributed by atoms with Crippen molar-refractivity contribution in [1.29, 1.82) is 0 Å². The van der Waals surface area contributed by atoms with Crippen molar-refractivity contribution >= 4 is 28.7 Å². The SMILES string of the molecule is Clc1ccc2c(c1)-c1ccc(-c3ccc(N(c4ccc(-c5ccccc5)cc4)c4ccccc4-c4ccccc4)cc3)cc1C21C2CC3CC(C2)CC1C3. The van der Waals surface area contributed by atoms with Gasteiger partial charge in [-0.05, 0) is 154 Å². The lowest BCUT2D eigenvalue weighted by Crippen LogP contribution is -2.55. The first-order valence-electron chi connectivity index (χ1n) is 19.8. The number of nitrogens with zero attached hydrogens (tertiary/aromatic N) is 1. The predicted molar refractivity (Wildman–Crippen MR) is 226 cm³/mol. The summed E-state index contributed by atoms with van der Waals surface area (Å²) in [6.07, 6.45) is 6.96. The highest BCUT2D eigenvalue weighted by Gasteiger charge is 2.61. The van der Waals surface area contributed by atoms with Gasteiger partial charge in [-0.3, -0.25) is 0 Å². The van der Waals surface area contributed by atoms with Crippen LogP contribution in [-0.4, -0.2) is 0 Å². The first kappa shape index (κ1) is 32.1. The summed E-state index contributed by atoms with van der Waals surface area (Å²) < 4.78 is 0. The molecule has 0 heterocycles. The summed E-state index contributed by atoms with van der Waals surface area (Å²) in [6, 6.07) is 62.5. The summed E-state index contributed by atoms with van der Waals surface area (Å²) in [5, 5.41) is 0.841. The summed E-state index contributed by atoms with van der Waals surface area (Å²) in [5.74, 6) is 3.27. The van der Waals surface area contributed by atoms with Crippen molar-refractivity contribution in [3.8, 4) is 44.5 Å². The van der Waals surface area contributed by atoms with Crippen LogP contribution in [0, 0.1) is 23.7 Å². The van der Waals surface area contributed by atoms with E-state index in [2.05, 4.69) is 175 Å². The van der Waals surface area contributed by atoms with Crippen LogP contribution < -0.4 is 4.90 Å². The van der Waals surface area contributed by atoms with Crippen molar-refractivity contribution in [2.75, 3.05) is 4.90 Å².